The lowest BCUT2D eigenvalue weighted by Gasteiger charge is -2.29. The van der Waals surface area contributed by atoms with Crippen molar-refractivity contribution in [3.8, 4) is 5.75 Å². The monoisotopic (exact) mass is 406 g/mol. The maximum atomic E-state index is 12.7. The second kappa shape index (κ2) is 8.32. The molecule has 1 fully saturated rings. The van der Waals surface area contributed by atoms with Gasteiger partial charge in [0.1, 0.15) is 11.6 Å². The number of hydrogen-bond acceptors (Lipinski definition) is 5. The molecule has 152 valence electrons. The van der Waals surface area contributed by atoms with Crippen LogP contribution in [0.1, 0.15) is 25.6 Å². The Morgan fingerprint density at radius 2 is 1.89 bits per heavy atom. The van der Waals surface area contributed by atoms with Gasteiger partial charge < -0.3 is 14.6 Å². The number of rotatable bonds is 6. The van der Waals surface area contributed by atoms with E-state index < -0.39 is 10.0 Å². The first-order chi connectivity index (χ1) is 13.3. The van der Waals surface area contributed by atoms with Gasteiger partial charge in [0.25, 0.3) is 10.0 Å². The molecule has 8 nitrogen and oxygen atoms in total. The molecule has 1 aromatic heterocycles. The Hall–Kier alpha value is -2.39. The third-order valence-corrected chi connectivity index (χ3v) is 6.72. The molecule has 3 rings (SSSR count). The van der Waals surface area contributed by atoms with Crippen LogP contribution in [-0.2, 0) is 21.9 Å². The van der Waals surface area contributed by atoms with Crippen molar-refractivity contribution in [2.75, 3.05) is 25.0 Å². The van der Waals surface area contributed by atoms with Gasteiger partial charge in [-0.1, -0.05) is 0 Å². The number of benzene rings is 1. The standard InChI is InChI=1S/C19H26N4O4S/c1-4-27-17-7-5-16(6-8-17)21-19(24)15-9-11-23(12-10-15)28(25,26)18-13-22(3)14(2)20-18/h5-8,13,15H,4,9-12H2,1-3H3,(H,21,24). The van der Waals surface area contributed by atoms with E-state index in [4.69, 9.17) is 4.74 Å². The Kier molecular flexibility index (Phi) is 6.04. The van der Waals surface area contributed by atoms with Crippen molar-refractivity contribution in [3.05, 3.63) is 36.3 Å². The van der Waals surface area contributed by atoms with Crippen LogP contribution in [0.3, 0.4) is 0 Å². The van der Waals surface area contributed by atoms with Gasteiger partial charge in [0, 0.05) is 37.9 Å². The summed E-state index contributed by atoms with van der Waals surface area (Å²) in [6.07, 6.45) is 2.48. The molecule has 2 heterocycles. The number of nitrogens with one attached hydrogen (secondary N) is 1. The maximum Gasteiger partial charge on any atom is 0.262 e. The molecule has 1 aliphatic rings. The molecule has 0 radical (unpaired) electrons. The van der Waals surface area contributed by atoms with Crippen LogP contribution in [0.25, 0.3) is 0 Å². The molecular formula is C19H26N4O4S. The number of aromatic nitrogens is 2. The highest BCUT2D eigenvalue weighted by atomic mass is 32.2. The minimum Gasteiger partial charge on any atom is -0.494 e. The number of sulfonamides is 1. The Morgan fingerprint density at radius 3 is 2.43 bits per heavy atom. The molecule has 1 N–H and O–H groups in total. The number of nitrogens with zero attached hydrogens (tertiary/aromatic N) is 3. The molecule has 1 saturated heterocycles. The smallest absolute Gasteiger partial charge is 0.262 e. The fraction of sp³-hybridized carbons (Fsp3) is 0.474. The van der Waals surface area contributed by atoms with E-state index in [1.165, 1.54) is 10.5 Å². The summed E-state index contributed by atoms with van der Waals surface area (Å²) in [7, 11) is -1.86. The van der Waals surface area contributed by atoms with Gasteiger partial charge in [0.15, 0.2) is 5.03 Å². The molecule has 0 bridgehead atoms. The highest BCUT2D eigenvalue weighted by Crippen LogP contribution is 2.25. The lowest BCUT2D eigenvalue weighted by atomic mass is 9.97. The Balaban J connectivity index is 1.57. The van der Waals surface area contributed by atoms with Crippen LogP contribution >= 0.6 is 0 Å². The Labute approximate surface area is 165 Å². The molecule has 0 spiro atoms. The summed E-state index contributed by atoms with van der Waals surface area (Å²) in [5.74, 6) is 1.09. The predicted molar refractivity (Wildman–Crippen MR) is 106 cm³/mol. The molecule has 0 atom stereocenters. The van der Waals surface area contributed by atoms with Crippen molar-refractivity contribution in [2.45, 2.75) is 31.7 Å². The molecule has 0 aliphatic carbocycles. The summed E-state index contributed by atoms with van der Waals surface area (Å²) in [4.78, 5) is 16.7. The van der Waals surface area contributed by atoms with Gasteiger partial charge in [-0.25, -0.2) is 13.4 Å². The number of hydrogen-bond donors (Lipinski definition) is 1. The van der Waals surface area contributed by atoms with Gasteiger partial charge in [-0.2, -0.15) is 4.31 Å². The number of imidazole rings is 1. The molecule has 0 saturated carbocycles. The van der Waals surface area contributed by atoms with Crippen molar-refractivity contribution in [2.24, 2.45) is 13.0 Å². The normalized spacial score (nSPS) is 16.1. The zero-order valence-electron chi connectivity index (χ0n) is 16.4. The molecule has 1 aliphatic heterocycles. The van der Waals surface area contributed by atoms with Gasteiger partial charge in [-0.3, -0.25) is 4.79 Å². The summed E-state index contributed by atoms with van der Waals surface area (Å²) in [6.45, 7) is 4.87. The number of anilines is 1. The molecular weight excluding hydrogens is 380 g/mol. The quantitative estimate of drug-likeness (QED) is 0.794. The number of aryl methyl sites for hydroxylation is 2. The summed E-state index contributed by atoms with van der Waals surface area (Å²) >= 11 is 0. The van der Waals surface area contributed by atoms with Crippen LogP contribution in [0.2, 0.25) is 0 Å². The van der Waals surface area contributed by atoms with Crippen LogP contribution in [0.5, 0.6) is 5.75 Å². The Bertz CT molecular complexity index is 910. The largest absolute Gasteiger partial charge is 0.494 e. The second-order valence-corrected chi connectivity index (χ2v) is 8.75. The van der Waals surface area contributed by atoms with Crippen molar-refractivity contribution >= 4 is 21.6 Å². The molecule has 0 unspecified atom stereocenters. The first kappa shape index (κ1) is 20.3. The van der Waals surface area contributed by atoms with E-state index in [-0.39, 0.29) is 16.9 Å². The van der Waals surface area contributed by atoms with Crippen molar-refractivity contribution in [1.29, 1.82) is 0 Å². The highest BCUT2D eigenvalue weighted by Gasteiger charge is 2.33. The average molecular weight is 407 g/mol. The first-order valence-electron chi connectivity index (χ1n) is 9.35. The van der Waals surface area contributed by atoms with Crippen LogP contribution < -0.4 is 10.1 Å². The summed E-state index contributed by atoms with van der Waals surface area (Å²) in [5, 5.41) is 2.96. The lowest BCUT2D eigenvalue weighted by molar-refractivity contribution is -0.120. The first-order valence-corrected chi connectivity index (χ1v) is 10.8. The number of ether oxygens (including phenoxy) is 1. The number of carbonyl (C=O) groups excluding carboxylic acids is 1. The fourth-order valence-corrected chi connectivity index (χ4v) is 4.68. The van der Waals surface area contributed by atoms with E-state index in [0.29, 0.717) is 44.0 Å². The van der Waals surface area contributed by atoms with E-state index >= 15 is 0 Å². The Morgan fingerprint density at radius 1 is 1.25 bits per heavy atom. The van der Waals surface area contributed by atoms with Crippen LogP contribution in [0.15, 0.2) is 35.5 Å². The highest BCUT2D eigenvalue weighted by molar-refractivity contribution is 7.89. The molecule has 2 aromatic rings. The van der Waals surface area contributed by atoms with Gasteiger partial charge >= 0.3 is 0 Å². The topological polar surface area (TPSA) is 93.5 Å². The van der Waals surface area contributed by atoms with Crippen LogP contribution in [0, 0.1) is 12.8 Å². The van der Waals surface area contributed by atoms with Crippen molar-refractivity contribution < 1.29 is 17.9 Å². The zero-order valence-corrected chi connectivity index (χ0v) is 17.2. The number of amides is 1. The summed E-state index contributed by atoms with van der Waals surface area (Å²) in [5.41, 5.74) is 0.701. The van der Waals surface area contributed by atoms with E-state index in [1.807, 2.05) is 19.1 Å². The molecule has 1 aromatic carbocycles. The molecule has 28 heavy (non-hydrogen) atoms. The van der Waals surface area contributed by atoms with Gasteiger partial charge in [-0.15, -0.1) is 0 Å². The predicted octanol–water partition coefficient (Wildman–Crippen LogP) is 2.17. The summed E-state index contributed by atoms with van der Waals surface area (Å²) in [6, 6.07) is 7.21. The van der Waals surface area contributed by atoms with Crippen LogP contribution in [0.4, 0.5) is 5.69 Å². The molecule has 1 amide bonds. The minimum absolute atomic E-state index is 0.0600. The molecule has 9 heteroatoms. The maximum absolute atomic E-state index is 12.7. The van der Waals surface area contributed by atoms with E-state index in [2.05, 4.69) is 10.3 Å². The number of carbonyl (C=O) groups is 1. The lowest BCUT2D eigenvalue weighted by Crippen LogP contribution is -2.41. The van der Waals surface area contributed by atoms with Gasteiger partial charge in [0.05, 0.1) is 6.61 Å². The van der Waals surface area contributed by atoms with Crippen molar-refractivity contribution in [1.82, 2.24) is 13.9 Å². The third kappa shape index (κ3) is 4.36. The fourth-order valence-electron chi connectivity index (χ4n) is 3.19. The van der Waals surface area contributed by atoms with Gasteiger partial charge in [0.2, 0.25) is 5.91 Å². The van der Waals surface area contributed by atoms with Crippen LogP contribution in [-0.4, -0.2) is 47.9 Å². The van der Waals surface area contributed by atoms with E-state index in [0.717, 1.165) is 5.75 Å². The van der Waals surface area contributed by atoms with Gasteiger partial charge in [-0.05, 0) is 51.0 Å². The van der Waals surface area contributed by atoms with E-state index in [9.17, 15) is 13.2 Å². The third-order valence-electron chi connectivity index (χ3n) is 4.95. The van der Waals surface area contributed by atoms with E-state index in [1.54, 1.807) is 30.7 Å². The average Bonchev–Trinajstić information content (AvgIpc) is 3.03. The SMILES string of the molecule is CCOc1ccc(NC(=O)C2CCN(S(=O)(=O)c3cn(C)c(C)n3)CC2)cc1. The number of piperidine rings is 1. The zero-order chi connectivity index (χ0) is 20.3. The second-order valence-electron chi connectivity index (χ2n) is 6.86. The van der Waals surface area contributed by atoms with Crippen molar-refractivity contribution in [3.63, 3.8) is 0 Å². The minimum atomic E-state index is -3.63. The summed E-state index contributed by atoms with van der Waals surface area (Å²) < 4.78 is 34.0.